The SMILES string of the molecule is CC(C)(C)C1C2CC(S)C1C2. The minimum atomic E-state index is 0.533. The van der Waals surface area contributed by atoms with Gasteiger partial charge in [-0.05, 0) is 36.0 Å². The molecule has 11 heavy (non-hydrogen) atoms. The highest BCUT2D eigenvalue weighted by molar-refractivity contribution is 7.81. The Morgan fingerprint density at radius 2 is 1.82 bits per heavy atom. The predicted molar refractivity (Wildman–Crippen MR) is 51.9 cm³/mol. The molecule has 2 bridgehead atoms. The van der Waals surface area contributed by atoms with Crippen LogP contribution in [0.5, 0.6) is 0 Å². The second-order valence-electron chi connectivity index (χ2n) is 5.35. The molecule has 4 atom stereocenters. The molecule has 0 aromatic rings. The van der Waals surface area contributed by atoms with Crippen molar-refractivity contribution in [1.82, 2.24) is 0 Å². The summed E-state index contributed by atoms with van der Waals surface area (Å²) in [7, 11) is 0. The molecule has 0 saturated heterocycles. The summed E-state index contributed by atoms with van der Waals surface area (Å²) in [5, 5.41) is 0.726. The van der Waals surface area contributed by atoms with E-state index >= 15 is 0 Å². The lowest BCUT2D eigenvalue weighted by Crippen LogP contribution is -2.39. The van der Waals surface area contributed by atoms with Crippen LogP contribution in [0.25, 0.3) is 0 Å². The maximum atomic E-state index is 4.62. The smallest absolute Gasteiger partial charge is 0.00508 e. The van der Waals surface area contributed by atoms with Gasteiger partial charge in [0, 0.05) is 5.25 Å². The van der Waals surface area contributed by atoms with Crippen molar-refractivity contribution in [3.8, 4) is 0 Å². The van der Waals surface area contributed by atoms with E-state index in [9.17, 15) is 0 Å². The van der Waals surface area contributed by atoms with Crippen LogP contribution in [0.3, 0.4) is 0 Å². The fourth-order valence-corrected chi connectivity index (χ4v) is 3.85. The highest BCUT2D eigenvalue weighted by Gasteiger charge is 2.55. The van der Waals surface area contributed by atoms with Crippen molar-refractivity contribution < 1.29 is 0 Å². The average Bonchev–Trinajstić information content (AvgIpc) is 2.14. The zero-order chi connectivity index (χ0) is 8.22. The second kappa shape index (κ2) is 2.18. The van der Waals surface area contributed by atoms with E-state index < -0.39 is 0 Å². The van der Waals surface area contributed by atoms with E-state index in [1.165, 1.54) is 12.8 Å². The molecule has 3 saturated carbocycles. The molecule has 0 aliphatic heterocycles. The summed E-state index contributed by atoms with van der Waals surface area (Å²) in [6.45, 7) is 7.13. The zero-order valence-electron chi connectivity index (χ0n) is 7.67. The van der Waals surface area contributed by atoms with Crippen molar-refractivity contribution in [2.24, 2.45) is 23.2 Å². The molecule has 3 aliphatic carbocycles. The first-order valence-electron chi connectivity index (χ1n) is 4.68. The second-order valence-corrected chi connectivity index (χ2v) is 6.02. The van der Waals surface area contributed by atoms with E-state index in [0.29, 0.717) is 5.41 Å². The molecule has 0 radical (unpaired) electrons. The molecule has 0 N–H and O–H groups in total. The molecule has 1 heteroatoms. The van der Waals surface area contributed by atoms with Crippen LogP contribution >= 0.6 is 12.6 Å². The van der Waals surface area contributed by atoms with Crippen LogP contribution in [0.4, 0.5) is 0 Å². The van der Waals surface area contributed by atoms with E-state index in [2.05, 4.69) is 33.4 Å². The van der Waals surface area contributed by atoms with Gasteiger partial charge in [-0.3, -0.25) is 0 Å². The van der Waals surface area contributed by atoms with Gasteiger partial charge >= 0.3 is 0 Å². The Kier molecular flexibility index (Phi) is 1.58. The van der Waals surface area contributed by atoms with Crippen LogP contribution in [0, 0.1) is 23.2 Å². The summed E-state index contributed by atoms with van der Waals surface area (Å²) in [6, 6.07) is 0. The highest BCUT2D eigenvalue weighted by atomic mass is 32.1. The van der Waals surface area contributed by atoms with Crippen molar-refractivity contribution in [2.45, 2.75) is 38.9 Å². The van der Waals surface area contributed by atoms with Gasteiger partial charge in [-0.2, -0.15) is 12.6 Å². The highest BCUT2D eigenvalue weighted by Crippen LogP contribution is 2.61. The van der Waals surface area contributed by atoms with Gasteiger partial charge in [0.05, 0.1) is 0 Å². The molecular formula is C10H18S. The Morgan fingerprint density at radius 3 is 2.00 bits per heavy atom. The normalized spacial score (nSPS) is 49.1. The van der Waals surface area contributed by atoms with E-state index in [0.717, 1.165) is 23.0 Å². The molecule has 64 valence electrons. The van der Waals surface area contributed by atoms with Crippen LogP contribution in [0.1, 0.15) is 33.6 Å². The third-order valence-corrected chi connectivity index (χ3v) is 4.18. The topological polar surface area (TPSA) is 0 Å². The third-order valence-electron chi connectivity index (χ3n) is 3.58. The van der Waals surface area contributed by atoms with Crippen molar-refractivity contribution in [3.05, 3.63) is 0 Å². The Balaban J connectivity index is 2.11. The summed E-state index contributed by atoms with van der Waals surface area (Å²) >= 11 is 4.62. The number of hydrogen-bond donors (Lipinski definition) is 1. The Hall–Kier alpha value is 0.350. The summed E-state index contributed by atoms with van der Waals surface area (Å²) in [4.78, 5) is 0. The lowest BCUT2D eigenvalue weighted by molar-refractivity contribution is 0.0412. The van der Waals surface area contributed by atoms with Crippen molar-refractivity contribution in [2.75, 3.05) is 0 Å². The zero-order valence-corrected chi connectivity index (χ0v) is 8.57. The Morgan fingerprint density at radius 1 is 1.18 bits per heavy atom. The number of thiol groups is 1. The standard InChI is InChI=1S/C10H18S/c1-10(2,3)9-6-4-7(9)8(11)5-6/h6-9,11H,4-5H2,1-3H3. The van der Waals surface area contributed by atoms with Crippen LogP contribution in [-0.2, 0) is 0 Å². The van der Waals surface area contributed by atoms with Crippen LogP contribution < -0.4 is 0 Å². The Bertz CT molecular complexity index is 168. The van der Waals surface area contributed by atoms with Gasteiger partial charge in [-0.15, -0.1) is 0 Å². The first-order valence-corrected chi connectivity index (χ1v) is 5.20. The van der Waals surface area contributed by atoms with Gasteiger partial charge in [0.15, 0.2) is 0 Å². The van der Waals surface area contributed by atoms with Crippen LogP contribution in [0.2, 0.25) is 0 Å². The summed E-state index contributed by atoms with van der Waals surface area (Å²) < 4.78 is 0. The third kappa shape index (κ3) is 1.04. The Labute approximate surface area is 75.2 Å². The van der Waals surface area contributed by atoms with Gasteiger partial charge < -0.3 is 0 Å². The molecule has 0 aromatic carbocycles. The van der Waals surface area contributed by atoms with Crippen LogP contribution in [-0.4, -0.2) is 5.25 Å². The average molecular weight is 170 g/mol. The van der Waals surface area contributed by atoms with Gasteiger partial charge in [0.25, 0.3) is 0 Å². The van der Waals surface area contributed by atoms with E-state index in [-0.39, 0.29) is 0 Å². The van der Waals surface area contributed by atoms with E-state index in [1.54, 1.807) is 0 Å². The quantitative estimate of drug-likeness (QED) is 0.531. The molecule has 0 heterocycles. The minimum absolute atomic E-state index is 0.533. The number of fused-ring (bicyclic) bond motifs is 1. The fraction of sp³-hybridized carbons (Fsp3) is 1.00. The molecule has 3 aliphatic rings. The lowest BCUT2D eigenvalue weighted by Gasteiger charge is -2.45. The first-order chi connectivity index (χ1) is 5.00. The predicted octanol–water partition coefficient (Wildman–Crippen LogP) is 2.99. The summed E-state index contributed by atoms with van der Waals surface area (Å²) in [5.41, 5.74) is 0.533. The van der Waals surface area contributed by atoms with Gasteiger partial charge in [-0.1, -0.05) is 20.8 Å². The first kappa shape index (κ1) is 7.97. The molecule has 0 aromatic heterocycles. The molecule has 3 rings (SSSR count). The number of rotatable bonds is 0. The maximum absolute atomic E-state index is 4.62. The molecule has 0 amide bonds. The van der Waals surface area contributed by atoms with Crippen molar-refractivity contribution in [1.29, 1.82) is 0 Å². The van der Waals surface area contributed by atoms with Gasteiger partial charge in [-0.25, -0.2) is 0 Å². The molecule has 0 nitrogen and oxygen atoms in total. The summed E-state index contributed by atoms with van der Waals surface area (Å²) in [6.07, 6.45) is 2.85. The molecule has 4 unspecified atom stereocenters. The van der Waals surface area contributed by atoms with Crippen molar-refractivity contribution >= 4 is 12.6 Å². The molecular weight excluding hydrogens is 152 g/mol. The summed E-state index contributed by atoms with van der Waals surface area (Å²) in [5.74, 6) is 2.94. The van der Waals surface area contributed by atoms with E-state index in [1.807, 2.05) is 0 Å². The molecule has 3 fully saturated rings. The maximum Gasteiger partial charge on any atom is 0.00508 e. The van der Waals surface area contributed by atoms with E-state index in [4.69, 9.17) is 0 Å². The van der Waals surface area contributed by atoms with Gasteiger partial charge in [0.2, 0.25) is 0 Å². The fourth-order valence-electron chi connectivity index (χ4n) is 3.27. The monoisotopic (exact) mass is 170 g/mol. The number of hydrogen-bond acceptors (Lipinski definition) is 1. The minimum Gasteiger partial charge on any atom is -0.176 e. The molecule has 0 spiro atoms. The van der Waals surface area contributed by atoms with Gasteiger partial charge in [0.1, 0.15) is 0 Å². The van der Waals surface area contributed by atoms with Crippen LogP contribution in [0.15, 0.2) is 0 Å². The largest absolute Gasteiger partial charge is 0.176 e. The lowest BCUT2D eigenvalue weighted by atomic mass is 9.60. The van der Waals surface area contributed by atoms with Crippen molar-refractivity contribution in [3.63, 3.8) is 0 Å².